The lowest BCUT2D eigenvalue weighted by atomic mass is 9.72. The molecule has 30 heavy (non-hydrogen) atoms. The summed E-state index contributed by atoms with van der Waals surface area (Å²) in [6, 6.07) is 2.25. The normalized spacial score (nSPS) is 20.1. The van der Waals surface area contributed by atoms with Crippen molar-refractivity contribution in [3.05, 3.63) is 39.3 Å². The lowest BCUT2D eigenvalue weighted by Crippen LogP contribution is -2.46. The Balaban J connectivity index is 1.33. The summed E-state index contributed by atoms with van der Waals surface area (Å²) in [5, 5.41) is 7.13. The summed E-state index contributed by atoms with van der Waals surface area (Å²) < 4.78 is 1.63. The van der Waals surface area contributed by atoms with Crippen molar-refractivity contribution < 1.29 is 9.59 Å². The molecular weight excluding hydrogens is 396 g/mol. The van der Waals surface area contributed by atoms with E-state index in [-0.39, 0.29) is 17.9 Å². The Morgan fingerprint density at radius 1 is 1.20 bits per heavy atom. The number of nitrogens with one attached hydrogen (secondary N) is 1. The van der Waals surface area contributed by atoms with Crippen molar-refractivity contribution in [2.24, 2.45) is 18.4 Å². The largest absolute Gasteiger partial charge is 0.349 e. The van der Waals surface area contributed by atoms with E-state index in [0.717, 1.165) is 30.6 Å². The summed E-state index contributed by atoms with van der Waals surface area (Å²) in [5.74, 6) is 0.743. The maximum atomic E-state index is 13.1. The molecule has 0 saturated carbocycles. The molecule has 2 aromatic rings. The number of nitrogens with zero attached hydrogens (tertiary/aromatic N) is 3. The highest BCUT2D eigenvalue weighted by molar-refractivity contribution is 7.14. The molecule has 1 saturated heterocycles. The van der Waals surface area contributed by atoms with Gasteiger partial charge in [0.2, 0.25) is 0 Å². The van der Waals surface area contributed by atoms with E-state index in [9.17, 15) is 9.59 Å². The van der Waals surface area contributed by atoms with Gasteiger partial charge in [0.1, 0.15) is 0 Å². The van der Waals surface area contributed by atoms with Crippen molar-refractivity contribution in [1.29, 1.82) is 0 Å². The molecule has 3 heterocycles. The van der Waals surface area contributed by atoms with E-state index in [1.54, 1.807) is 35.5 Å². The van der Waals surface area contributed by atoms with Gasteiger partial charge in [-0.1, -0.05) is 20.8 Å². The Kier molecular flexibility index (Phi) is 5.75. The van der Waals surface area contributed by atoms with Gasteiger partial charge in [-0.3, -0.25) is 14.3 Å². The minimum atomic E-state index is -0.0905. The van der Waals surface area contributed by atoms with E-state index in [1.165, 1.54) is 16.9 Å². The highest BCUT2D eigenvalue weighted by Gasteiger charge is 2.32. The van der Waals surface area contributed by atoms with Gasteiger partial charge in [-0.05, 0) is 55.1 Å². The summed E-state index contributed by atoms with van der Waals surface area (Å²) in [5.41, 5.74) is 2.27. The Morgan fingerprint density at radius 3 is 2.57 bits per heavy atom. The van der Waals surface area contributed by atoms with Crippen LogP contribution in [0.3, 0.4) is 0 Å². The van der Waals surface area contributed by atoms with Crippen LogP contribution in [0.5, 0.6) is 0 Å². The fourth-order valence-corrected chi connectivity index (χ4v) is 5.73. The number of fused-ring (bicyclic) bond motifs is 1. The summed E-state index contributed by atoms with van der Waals surface area (Å²) in [6.07, 6.45) is 8.27. The highest BCUT2D eigenvalue weighted by atomic mass is 32.1. The second-order valence-electron chi connectivity index (χ2n) is 9.81. The van der Waals surface area contributed by atoms with E-state index in [1.807, 2.05) is 4.90 Å². The number of aryl methyl sites for hydroxylation is 2. The molecule has 0 spiro atoms. The van der Waals surface area contributed by atoms with Crippen molar-refractivity contribution in [3.63, 3.8) is 0 Å². The van der Waals surface area contributed by atoms with E-state index < -0.39 is 0 Å². The van der Waals surface area contributed by atoms with E-state index in [0.29, 0.717) is 30.0 Å². The first-order chi connectivity index (χ1) is 14.2. The van der Waals surface area contributed by atoms with Gasteiger partial charge in [-0.2, -0.15) is 5.10 Å². The molecule has 0 bridgehead atoms. The minimum Gasteiger partial charge on any atom is -0.349 e. The molecule has 7 heteroatoms. The van der Waals surface area contributed by atoms with Crippen LogP contribution in [0.25, 0.3) is 0 Å². The predicted octanol–water partition coefficient (Wildman–Crippen LogP) is 3.67. The molecule has 2 aromatic heterocycles. The van der Waals surface area contributed by atoms with Crippen LogP contribution in [0, 0.1) is 11.3 Å². The molecule has 2 amide bonds. The fourth-order valence-electron chi connectivity index (χ4n) is 4.56. The molecule has 1 N–H and O–H groups in total. The van der Waals surface area contributed by atoms with Crippen molar-refractivity contribution in [2.45, 2.75) is 58.9 Å². The van der Waals surface area contributed by atoms with Crippen LogP contribution in [-0.4, -0.2) is 45.6 Å². The van der Waals surface area contributed by atoms with E-state index >= 15 is 0 Å². The maximum Gasteiger partial charge on any atom is 0.263 e. The number of hydrogen-bond acceptors (Lipinski definition) is 4. The molecule has 2 aliphatic rings. The SMILES string of the molecule is Cn1cc(C(=O)NC2CCN(C(=O)c3cc4c(s3)CC[C@@H](C(C)(C)C)C4)CC2)cn1. The molecule has 0 unspecified atom stereocenters. The van der Waals surface area contributed by atoms with Gasteiger partial charge in [0.15, 0.2) is 0 Å². The third kappa shape index (κ3) is 4.46. The fraction of sp³-hybridized carbons (Fsp3) is 0.609. The van der Waals surface area contributed by atoms with E-state index in [2.05, 4.69) is 37.3 Å². The monoisotopic (exact) mass is 428 g/mol. The van der Waals surface area contributed by atoms with Crippen LogP contribution in [0.1, 0.15) is 70.5 Å². The first kappa shape index (κ1) is 21.1. The van der Waals surface area contributed by atoms with Gasteiger partial charge in [-0.25, -0.2) is 0 Å². The number of thiophene rings is 1. The van der Waals surface area contributed by atoms with Gasteiger partial charge in [-0.15, -0.1) is 11.3 Å². The smallest absolute Gasteiger partial charge is 0.263 e. The average Bonchev–Trinajstić information content (AvgIpc) is 3.33. The molecule has 1 aliphatic carbocycles. The van der Waals surface area contributed by atoms with Crippen molar-refractivity contribution in [3.8, 4) is 0 Å². The Bertz CT molecular complexity index is 931. The zero-order valence-electron chi connectivity index (χ0n) is 18.4. The summed E-state index contributed by atoms with van der Waals surface area (Å²) in [6.45, 7) is 8.32. The number of carbonyl (C=O) groups excluding carboxylic acids is 2. The number of aromatic nitrogens is 2. The molecular formula is C23H32N4O2S. The van der Waals surface area contributed by atoms with Crippen molar-refractivity contribution in [2.75, 3.05) is 13.1 Å². The second kappa shape index (κ2) is 8.17. The Hall–Kier alpha value is -2.15. The van der Waals surface area contributed by atoms with Gasteiger partial charge in [0.25, 0.3) is 11.8 Å². The lowest BCUT2D eigenvalue weighted by molar-refractivity contribution is 0.0702. The zero-order valence-corrected chi connectivity index (χ0v) is 19.2. The van der Waals surface area contributed by atoms with E-state index in [4.69, 9.17) is 0 Å². The molecule has 6 nitrogen and oxygen atoms in total. The number of hydrogen-bond donors (Lipinski definition) is 1. The van der Waals surface area contributed by atoms with Crippen LogP contribution in [0.15, 0.2) is 18.5 Å². The van der Waals surface area contributed by atoms with Crippen molar-refractivity contribution >= 4 is 23.2 Å². The van der Waals surface area contributed by atoms with Crippen LogP contribution in [0.4, 0.5) is 0 Å². The zero-order chi connectivity index (χ0) is 21.5. The summed E-state index contributed by atoms with van der Waals surface area (Å²) in [4.78, 5) is 29.6. The number of rotatable bonds is 3. The minimum absolute atomic E-state index is 0.0905. The molecule has 0 aromatic carbocycles. The second-order valence-corrected chi connectivity index (χ2v) is 10.9. The van der Waals surface area contributed by atoms with Crippen LogP contribution in [-0.2, 0) is 19.9 Å². The number of likely N-dealkylation sites (tertiary alicyclic amines) is 1. The molecule has 162 valence electrons. The summed E-state index contributed by atoms with van der Waals surface area (Å²) >= 11 is 1.69. The molecule has 4 rings (SSSR count). The first-order valence-corrected chi connectivity index (χ1v) is 11.7. The third-order valence-electron chi connectivity index (χ3n) is 6.60. The van der Waals surface area contributed by atoms with Gasteiger partial charge in [0, 0.05) is 37.3 Å². The van der Waals surface area contributed by atoms with Crippen LogP contribution in [0.2, 0.25) is 0 Å². The molecule has 1 atom stereocenters. The average molecular weight is 429 g/mol. The van der Waals surface area contributed by atoms with Gasteiger partial charge in [0.05, 0.1) is 16.6 Å². The Morgan fingerprint density at radius 2 is 1.93 bits per heavy atom. The van der Waals surface area contributed by atoms with Gasteiger partial charge < -0.3 is 10.2 Å². The quantitative estimate of drug-likeness (QED) is 0.811. The standard InChI is InChI=1S/C23H32N4O2S/c1-23(2,3)17-5-6-19-15(11-17)12-20(30-19)22(29)27-9-7-18(8-10-27)25-21(28)16-13-24-26(4)14-16/h12-14,17-18H,5-11H2,1-4H3,(H,25,28)/t17-/m1/s1. The van der Waals surface area contributed by atoms with Crippen LogP contribution < -0.4 is 5.32 Å². The predicted molar refractivity (Wildman–Crippen MR) is 119 cm³/mol. The molecule has 1 aliphatic heterocycles. The maximum absolute atomic E-state index is 13.1. The number of piperidine rings is 1. The Labute approximate surface area is 182 Å². The lowest BCUT2D eigenvalue weighted by Gasteiger charge is -2.33. The molecule has 0 radical (unpaired) electrons. The highest BCUT2D eigenvalue weighted by Crippen LogP contribution is 2.40. The number of amides is 2. The molecule has 1 fully saturated rings. The van der Waals surface area contributed by atoms with Crippen molar-refractivity contribution in [1.82, 2.24) is 20.0 Å². The topological polar surface area (TPSA) is 67.2 Å². The van der Waals surface area contributed by atoms with Gasteiger partial charge >= 0.3 is 0 Å². The first-order valence-electron chi connectivity index (χ1n) is 10.9. The number of carbonyl (C=O) groups is 2. The van der Waals surface area contributed by atoms with Crippen LogP contribution >= 0.6 is 11.3 Å². The summed E-state index contributed by atoms with van der Waals surface area (Å²) in [7, 11) is 1.80. The third-order valence-corrected chi connectivity index (χ3v) is 7.83.